The van der Waals surface area contributed by atoms with E-state index < -0.39 is 6.10 Å². The van der Waals surface area contributed by atoms with E-state index in [2.05, 4.69) is 10.6 Å². The van der Waals surface area contributed by atoms with Crippen LogP contribution in [0, 0.1) is 5.92 Å². The van der Waals surface area contributed by atoms with Crippen LogP contribution in [0.4, 0.5) is 0 Å². The predicted octanol–water partition coefficient (Wildman–Crippen LogP) is 0.641. The standard InChI is InChI=1S/C17H22ClN3O3/c18-13-4-2-1-3-12(13)17(24)21-7-5-11(6-8-21)16(23)20-14-9-19-10-15(14)22/h1-4,11,14-15,19,22H,5-10H2,(H,20,23). The maximum Gasteiger partial charge on any atom is 0.255 e. The number of rotatable bonds is 3. The highest BCUT2D eigenvalue weighted by Gasteiger charge is 2.32. The van der Waals surface area contributed by atoms with Crippen LogP contribution in [0.2, 0.25) is 5.02 Å². The second-order valence-corrected chi connectivity index (χ2v) is 6.79. The molecule has 2 heterocycles. The van der Waals surface area contributed by atoms with Crippen molar-refractivity contribution in [3.05, 3.63) is 34.9 Å². The lowest BCUT2D eigenvalue weighted by molar-refractivity contribution is -0.127. The zero-order valence-electron chi connectivity index (χ0n) is 13.4. The summed E-state index contributed by atoms with van der Waals surface area (Å²) < 4.78 is 0. The van der Waals surface area contributed by atoms with E-state index in [4.69, 9.17) is 11.6 Å². The minimum atomic E-state index is -0.532. The van der Waals surface area contributed by atoms with E-state index in [1.807, 2.05) is 0 Å². The van der Waals surface area contributed by atoms with Crippen LogP contribution < -0.4 is 10.6 Å². The quantitative estimate of drug-likeness (QED) is 0.746. The number of aliphatic hydroxyl groups excluding tert-OH is 1. The Morgan fingerprint density at radius 2 is 1.92 bits per heavy atom. The van der Waals surface area contributed by atoms with Gasteiger partial charge in [-0.2, -0.15) is 0 Å². The highest BCUT2D eigenvalue weighted by molar-refractivity contribution is 6.33. The summed E-state index contributed by atoms with van der Waals surface area (Å²) in [5, 5.41) is 16.2. The molecule has 2 fully saturated rings. The SMILES string of the molecule is O=C(NC1CNCC1O)C1CCN(C(=O)c2ccccc2Cl)CC1. The van der Waals surface area contributed by atoms with E-state index in [1.165, 1.54) is 0 Å². The van der Waals surface area contributed by atoms with Gasteiger partial charge < -0.3 is 20.6 Å². The van der Waals surface area contributed by atoms with Crippen LogP contribution in [0.5, 0.6) is 0 Å². The summed E-state index contributed by atoms with van der Waals surface area (Å²) in [5.74, 6) is -0.240. The van der Waals surface area contributed by atoms with Gasteiger partial charge in [0.25, 0.3) is 5.91 Å². The number of nitrogens with one attached hydrogen (secondary N) is 2. The number of carbonyl (C=O) groups is 2. The van der Waals surface area contributed by atoms with Crippen molar-refractivity contribution in [2.75, 3.05) is 26.2 Å². The smallest absolute Gasteiger partial charge is 0.255 e. The normalized spacial score (nSPS) is 24.8. The predicted molar refractivity (Wildman–Crippen MR) is 90.9 cm³/mol. The van der Waals surface area contributed by atoms with Gasteiger partial charge in [-0.3, -0.25) is 9.59 Å². The lowest BCUT2D eigenvalue weighted by Crippen LogP contribution is -2.48. The first-order valence-electron chi connectivity index (χ1n) is 8.29. The Kier molecular flexibility index (Phi) is 5.38. The molecule has 0 aromatic heterocycles. The molecule has 1 aromatic carbocycles. The number of halogens is 1. The molecule has 1 aromatic rings. The zero-order chi connectivity index (χ0) is 17.1. The lowest BCUT2D eigenvalue weighted by Gasteiger charge is -2.32. The maximum absolute atomic E-state index is 12.5. The molecule has 24 heavy (non-hydrogen) atoms. The van der Waals surface area contributed by atoms with E-state index in [-0.39, 0.29) is 23.8 Å². The fourth-order valence-corrected chi connectivity index (χ4v) is 3.48. The second-order valence-electron chi connectivity index (χ2n) is 6.39. The molecule has 6 nitrogen and oxygen atoms in total. The van der Waals surface area contributed by atoms with E-state index in [0.717, 1.165) is 0 Å². The molecular weight excluding hydrogens is 330 g/mol. The number of hydrogen-bond acceptors (Lipinski definition) is 4. The van der Waals surface area contributed by atoms with Crippen LogP contribution in [0.1, 0.15) is 23.2 Å². The molecule has 2 atom stereocenters. The number of piperidine rings is 1. The van der Waals surface area contributed by atoms with Crippen LogP contribution >= 0.6 is 11.6 Å². The van der Waals surface area contributed by atoms with Crippen LogP contribution in [0.15, 0.2) is 24.3 Å². The van der Waals surface area contributed by atoms with Gasteiger partial charge in [0.15, 0.2) is 0 Å². The molecule has 2 saturated heterocycles. The first-order valence-corrected chi connectivity index (χ1v) is 8.67. The summed E-state index contributed by atoms with van der Waals surface area (Å²) >= 11 is 6.09. The van der Waals surface area contributed by atoms with E-state index >= 15 is 0 Å². The number of carbonyl (C=O) groups excluding carboxylic acids is 2. The zero-order valence-corrected chi connectivity index (χ0v) is 14.1. The molecule has 0 radical (unpaired) electrons. The molecule has 0 bridgehead atoms. The largest absolute Gasteiger partial charge is 0.390 e. The van der Waals surface area contributed by atoms with Gasteiger partial charge in [0, 0.05) is 32.1 Å². The molecule has 3 N–H and O–H groups in total. The number of likely N-dealkylation sites (tertiary alicyclic amines) is 1. The van der Waals surface area contributed by atoms with Crippen LogP contribution in [-0.4, -0.2) is 60.1 Å². The van der Waals surface area contributed by atoms with Gasteiger partial charge in [-0.1, -0.05) is 23.7 Å². The molecule has 2 aliphatic rings. The van der Waals surface area contributed by atoms with Gasteiger partial charge in [0.2, 0.25) is 5.91 Å². The summed E-state index contributed by atoms with van der Waals surface area (Å²) in [6.45, 7) is 2.17. The van der Waals surface area contributed by atoms with E-state index in [9.17, 15) is 14.7 Å². The van der Waals surface area contributed by atoms with Gasteiger partial charge in [0.1, 0.15) is 0 Å². The average molecular weight is 352 g/mol. The van der Waals surface area contributed by atoms with Gasteiger partial charge in [-0.25, -0.2) is 0 Å². The molecule has 3 rings (SSSR count). The van der Waals surface area contributed by atoms with Crippen LogP contribution in [0.25, 0.3) is 0 Å². The van der Waals surface area contributed by atoms with Crippen molar-refractivity contribution in [2.24, 2.45) is 5.92 Å². The number of amides is 2. The first-order chi connectivity index (χ1) is 11.6. The van der Waals surface area contributed by atoms with Crippen molar-refractivity contribution in [3.63, 3.8) is 0 Å². The van der Waals surface area contributed by atoms with Gasteiger partial charge in [0.05, 0.1) is 22.7 Å². The molecule has 0 aliphatic carbocycles. The number of nitrogens with zero attached hydrogens (tertiary/aromatic N) is 1. The second kappa shape index (κ2) is 7.51. The fraction of sp³-hybridized carbons (Fsp3) is 0.529. The Hall–Kier alpha value is -1.63. The van der Waals surface area contributed by atoms with Crippen molar-refractivity contribution in [3.8, 4) is 0 Å². The molecule has 7 heteroatoms. The Balaban J connectivity index is 1.53. The number of β-amino-alcohol motifs (C(OH)–C–C–N with tert-alkyl or cyclic N) is 1. The van der Waals surface area contributed by atoms with Crippen LogP contribution in [-0.2, 0) is 4.79 Å². The summed E-state index contributed by atoms with van der Waals surface area (Å²) in [5.41, 5.74) is 0.502. The number of hydrogen-bond donors (Lipinski definition) is 3. The molecule has 2 amide bonds. The van der Waals surface area contributed by atoms with E-state index in [1.54, 1.807) is 29.2 Å². The third-order valence-electron chi connectivity index (χ3n) is 4.77. The highest BCUT2D eigenvalue weighted by atomic mass is 35.5. The topological polar surface area (TPSA) is 81.7 Å². The third-order valence-corrected chi connectivity index (χ3v) is 5.10. The summed E-state index contributed by atoms with van der Waals surface area (Å²) in [6, 6.07) is 6.79. The van der Waals surface area contributed by atoms with Crippen LogP contribution in [0.3, 0.4) is 0 Å². The van der Waals surface area contributed by atoms with E-state index in [0.29, 0.717) is 49.6 Å². The molecule has 130 valence electrons. The molecule has 0 saturated carbocycles. The van der Waals surface area contributed by atoms with Gasteiger partial charge in [-0.15, -0.1) is 0 Å². The summed E-state index contributed by atoms with van der Waals surface area (Å²) in [4.78, 5) is 26.6. The average Bonchev–Trinajstić information content (AvgIpc) is 3.00. The monoisotopic (exact) mass is 351 g/mol. The molecule has 2 unspecified atom stereocenters. The first kappa shape index (κ1) is 17.2. The van der Waals surface area contributed by atoms with Crippen molar-refractivity contribution in [2.45, 2.75) is 25.0 Å². The van der Waals surface area contributed by atoms with Gasteiger partial charge in [-0.05, 0) is 25.0 Å². The Morgan fingerprint density at radius 1 is 1.21 bits per heavy atom. The minimum absolute atomic E-state index is 0.0346. The minimum Gasteiger partial charge on any atom is -0.390 e. The van der Waals surface area contributed by atoms with Crippen molar-refractivity contribution < 1.29 is 14.7 Å². The van der Waals surface area contributed by atoms with Crippen molar-refractivity contribution in [1.29, 1.82) is 0 Å². The van der Waals surface area contributed by atoms with Gasteiger partial charge >= 0.3 is 0 Å². The summed E-state index contributed by atoms with van der Waals surface area (Å²) in [7, 11) is 0. The fourth-order valence-electron chi connectivity index (χ4n) is 3.26. The third kappa shape index (κ3) is 3.71. The van der Waals surface area contributed by atoms with Crippen molar-refractivity contribution >= 4 is 23.4 Å². The molecule has 0 spiro atoms. The Labute approximate surface area is 146 Å². The lowest BCUT2D eigenvalue weighted by atomic mass is 9.95. The number of benzene rings is 1. The molecular formula is C17H22ClN3O3. The summed E-state index contributed by atoms with van der Waals surface area (Å²) in [6.07, 6.45) is 0.715. The highest BCUT2D eigenvalue weighted by Crippen LogP contribution is 2.22. The molecule has 2 aliphatic heterocycles. The Bertz CT molecular complexity index is 617. The maximum atomic E-state index is 12.5. The Morgan fingerprint density at radius 3 is 2.54 bits per heavy atom. The van der Waals surface area contributed by atoms with Crippen molar-refractivity contribution in [1.82, 2.24) is 15.5 Å². The number of aliphatic hydroxyl groups is 1.